The van der Waals surface area contributed by atoms with E-state index in [0.717, 1.165) is 5.70 Å². The molecule has 6 aromatic carbocycles. The molecule has 0 radical (unpaired) electrons. The molecule has 2 heteroatoms. The van der Waals surface area contributed by atoms with Crippen molar-refractivity contribution in [2.45, 2.75) is 0 Å². The Kier molecular flexibility index (Phi) is 5.70. The molecule has 0 spiro atoms. The van der Waals surface area contributed by atoms with Crippen LogP contribution in [0.3, 0.4) is 0 Å². The minimum Gasteiger partial charge on any atom is -0.309 e. The first-order chi connectivity index (χ1) is 20.8. The highest BCUT2D eigenvalue weighted by Crippen LogP contribution is 2.47. The number of nitrogens with zero attached hydrogens (tertiary/aromatic N) is 1. The van der Waals surface area contributed by atoms with Crippen LogP contribution in [-0.2, 0) is 0 Å². The maximum Gasteiger partial charge on any atom is 0.0555 e. The smallest absolute Gasteiger partial charge is 0.0555 e. The third-order valence-electron chi connectivity index (χ3n) is 8.34. The van der Waals surface area contributed by atoms with Crippen LogP contribution in [0.15, 0.2) is 153 Å². The Balaban J connectivity index is 1.45. The van der Waals surface area contributed by atoms with Crippen LogP contribution in [0.4, 0.5) is 0 Å². The summed E-state index contributed by atoms with van der Waals surface area (Å²) in [6.45, 7) is 8.12. The fourth-order valence-corrected chi connectivity index (χ4v) is 7.84. The predicted molar refractivity (Wildman–Crippen MR) is 185 cm³/mol. The van der Waals surface area contributed by atoms with E-state index >= 15 is 0 Å². The molecular weight excluding hydrogens is 527 g/mol. The predicted octanol–water partition coefficient (Wildman–Crippen LogP) is 11.9. The molecule has 1 nitrogen and oxygen atoms in total. The molecule has 42 heavy (non-hydrogen) atoms. The molecule has 0 saturated heterocycles. The van der Waals surface area contributed by atoms with Crippen molar-refractivity contribution < 1.29 is 0 Å². The van der Waals surface area contributed by atoms with Gasteiger partial charge in [-0.05, 0) is 57.3 Å². The summed E-state index contributed by atoms with van der Waals surface area (Å²) < 4.78 is 4.97. The van der Waals surface area contributed by atoms with Crippen LogP contribution in [0, 0.1) is 0 Å². The van der Waals surface area contributed by atoms with E-state index in [-0.39, 0.29) is 0 Å². The van der Waals surface area contributed by atoms with Crippen LogP contribution < -0.4 is 0 Å². The van der Waals surface area contributed by atoms with Gasteiger partial charge in [0.05, 0.1) is 11.0 Å². The number of aromatic nitrogens is 1. The molecule has 198 valence electrons. The van der Waals surface area contributed by atoms with Gasteiger partial charge in [-0.15, -0.1) is 11.3 Å². The number of allylic oxidation sites excluding steroid dienone is 4. The number of benzene rings is 6. The Morgan fingerprint density at radius 2 is 1.21 bits per heavy atom. The third-order valence-corrected chi connectivity index (χ3v) is 9.61. The summed E-state index contributed by atoms with van der Waals surface area (Å²) in [5.41, 5.74) is 8.35. The van der Waals surface area contributed by atoms with E-state index in [9.17, 15) is 0 Å². The van der Waals surface area contributed by atoms with E-state index in [1.54, 1.807) is 0 Å². The molecule has 0 aliphatic carbocycles. The Morgan fingerprint density at radius 1 is 0.548 bits per heavy atom. The molecule has 0 unspecified atom stereocenters. The van der Waals surface area contributed by atoms with Crippen LogP contribution in [-0.4, -0.2) is 4.57 Å². The summed E-state index contributed by atoms with van der Waals surface area (Å²) in [5.74, 6) is 0. The van der Waals surface area contributed by atoms with Crippen molar-refractivity contribution in [3.05, 3.63) is 153 Å². The van der Waals surface area contributed by atoms with Gasteiger partial charge in [-0.25, -0.2) is 0 Å². The molecule has 0 atom stereocenters. The zero-order valence-electron chi connectivity index (χ0n) is 23.0. The molecule has 8 rings (SSSR count). The van der Waals surface area contributed by atoms with Gasteiger partial charge in [-0.1, -0.05) is 128 Å². The highest BCUT2D eigenvalue weighted by Gasteiger charge is 2.20. The first kappa shape index (κ1) is 24.6. The van der Waals surface area contributed by atoms with Gasteiger partial charge in [0.2, 0.25) is 0 Å². The third kappa shape index (κ3) is 3.62. The average molecular weight is 554 g/mol. The molecule has 0 aliphatic heterocycles. The largest absolute Gasteiger partial charge is 0.309 e. The second kappa shape index (κ2) is 9.73. The zero-order valence-corrected chi connectivity index (χ0v) is 23.9. The fourth-order valence-electron chi connectivity index (χ4n) is 6.45. The number of thiophene rings is 1. The first-order valence-electron chi connectivity index (χ1n) is 14.2. The van der Waals surface area contributed by atoms with Crippen LogP contribution in [0.5, 0.6) is 0 Å². The van der Waals surface area contributed by atoms with Gasteiger partial charge >= 0.3 is 0 Å². The van der Waals surface area contributed by atoms with E-state index < -0.39 is 0 Å². The van der Waals surface area contributed by atoms with Crippen LogP contribution in [0.2, 0.25) is 0 Å². The molecule has 0 aliphatic rings. The number of hydrogen-bond donors (Lipinski definition) is 0. The molecule has 0 saturated carbocycles. The van der Waals surface area contributed by atoms with Gasteiger partial charge in [-0.3, -0.25) is 0 Å². The van der Waals surface area contributed by atoms with Crippen molar-refractivity contribution >= 4 is 69.8 Å². The van der Waals surface area contributed by atoms with Crippen molar-refractivity contribution in [3.63, 3.8) is 0 Å². The molecule has 0 bridgehead atoms. The maximum absolute atomic E-state index is 4.14. The normalized spacial score (nSPS) is 12.1. The highest BCUT2D eigenvalue weighted by molar-refractivity contribution is 7.27. The lowest BCUT2D eigenvalue weighted by atomic mass is 9.98. The molecule has 0 fully saturated rings. The van der Waals surface area contributed by atoms with Gasteiger partial charge < -0.3 is 4.57 Å². The maximum atomic E-state index is 4.14. The molecule has 0 amide bonds. The van der Waals surface area contributed by atoms with Crippen LogP contribution >= 0.6 is 11.3 Å². The summed E-state index contributed by atoms with van der Waals surface area (Å²) in [7, 11) is 0. The Morgan fingerprint density at radius 3 is 2.02 bits per heavy atom. The van der Waals surface area contributed by atoms with E-state index in [4.69, 9.17) is 0 Å². The molecule has 0 N–H and O–H groups in total. The Labute approximate surface area is 248 Å². The van der Waals surface area contributed by atoms with E-state index in [0.29, 0.717) is 0 Å². The monoisotopic (exact) mass is 553 g/mol. The zero-order chi connectivity index (χ0) is 28.2. The van der Waals surface area contributed by atoms with Crippen LogP contribution in [0.1, 0.15) is 0 Å². The molecular formula is C40H27NS. The topological polar surface area (TPSA) is 4.93 Å². The van der Waals surface area contributed by atoms with Gasteiger partial charge in [0, 0.05) is 36.6 Å². The van der Waals surface area contributed by atoms with E-state index in [2.05, 4.69) is 139 Å². The van der Waals surface area contributed by atoms with Gasteiger partial charge in [0.25, 0.3) is 0 Å². The summed E-state index contributed by atoms with van der Waals surface area (Å²) in [4.78, 5) is 0. The molecule has 2 heterocycles. The Bertz CT molecular complexity index is 2360. The second-order valence-electron chi connectivity index (χ2n) is 10.6. The van der Waals surface area contributed by atoms with Crippen molar-refractivity contribution in [3.8, 4) is 22.3 Å². The van der Waals surface area contributed by atoms with Gasteiger partial charge in [0.1, 0.15) is 0 Å². The quantitative estimate of drug-likeness (QED) is 0.187. The van der Waals surface area contributed by atoms with Crippen molar-refractivity contribution in [1.29, 1.82) is 0 Å². The number of fused-ring (bicyclic) bond motifs is 9. The fraction of sp³-hybridized carbons (Fsp3) is 0. The summed E-state index contributed by atoms with van der Waals surface area (Å²) in [6, 6.07) is 44.0. The van der Waals surface area contributed by atoms with Gasteiger partial charge in [-0.2, -0.15) is 0 Å². The second-order valence-corrected chi connectivity index (χ2v) is 11.6. The Hall–Kier alpha value is -5.18. The highest BCUT2D eigenvalue weighted by atomic mass is 32.1. The summed E-state index contributed by atoms with van der Waals surface area (Å²) >= 11 is 1.90. The molecule has 8 aromatic rings. The average Bonchev–Trinajstić information content (AvgIpc) is 3.60. The summed E-state index contributed by atoms with van der Waals surface area (Å²) in [5, 5.41) is 7.68. The number of rotatable bonds is 5. The van der Waals surface area contributed by atoms with E-state index in [1.807, 2.05) is 29.6 Å². The van der Waals surface area contributed by atoms with E-state index in [1.165, 1.54) is 75.0 Å². The van der Waals surface area contributed by atoms with Crippen LogP contribution in [0.25, 0.3) is 80.7 Å². The first-order valence-corrected chi connectivity index (χ1v) is 15.0. The van der Waals surface area contributed by atoms with Crippen molar-refractivity contribution in [2.75, 3.05) is 0 Å². The van der Waals surface area contributed by atoms with Gasteiger partial charge in [0.15, 0.2) is 0 Å². The number of hydrogen-bond acceptors (Lipinski definition) is 1. The SMILES string of the molecule is C=C/C=C(\C=C)n1c2ccc3ccccc3c2c2c3sc4c(-c5ccc(-c6ccccc6)cc5)cccc4c3ccc21. The minimum absolute atomic E-state index is 1.01. The minimum atomic E-state index is 1.01. The molecule has 2 aromatic heterocycles. The lowest BCUT2D eigenvalue weighted by Gasteiger charge is -2.08. The lowest BCUT2D eigenvalue weighted by Crippen LogP contribution is -1.93. The van der Waals surface area contributed by atoms with Crippen molar-refractivity contribution in [2.24, 2.45) is 0 Å². The standard InChI is InChI=1S/C40H27NS/c1-3-11-30(4-2)41-35-24-22-28-14-8-9-15-31(28)37(35)38-36(41)25-23-34-33-17-10-16-32(39(33)42-40(34)38)29-20-18-27(19-21-29)26-12-6-5-7-13-26/h3-25H,1-2H2/b30-11+. The summed E-state index contributed by atoms with van der Waals surface area (Å²) in [6.07, 6.45) is 5.79. The lowest BCUT2D eigenvalue weighted by molar-refractivity contribution is 1.24. The van der Waals surface area contributed by atoms with Crippen molar-refractivity contribution in [1.82, 2.24) is 4.57 Å².